The van der Waals surface area contributed by atoms with E-state index in [-0.39, 0.29) is 0 Å². The molecule has 2 fully saturated rings. The summed E-state index contributed by atoms with van der Waals surface area (Å²) in [7, 11) is 0. The van der Waals surface area contributed by atoms with E-state index in [9.17, 15) is 0 Å². The number of rotatable bonds is 3. The van der Waals surface area contributed by atoms with Crippen LogP contribution >= 0.6 is 0 Å². The molecule has 4 nitrogen and oxygen atoms in total. The summed E-state index contributed by atoms with van der Waals surface area (Å²) in [5.74, 6) is 0. The van der Waals surface area contributed by atoms with Gasteiger partial charge in [0.2, 0.25) is 0 Å². The van der Waals surface area contributed by atoms with Crippen LogP contribution in [0.25, 0.3) is 0 Å². The minimum absolute atomic E-state index is 0.465. The second-order valence-electron chi connectivity index (χ2n) is 5.87. The number of nitrogens with zero attached hydrogens (tertiary/aromatic N) is 2. The molecule has 2 aliphatic heterocycles. The highest BCUT2D eigenvalue weighted by atomic mass is 16.5. The molecule has 3 rings (SSSR count). The Hall–Kier alpha value is -1.26. The molecule has 2 N–H and O–H groups in total. The first kappa shape index (κ1) is 13.7. The number of ether oxygens (including phenoxy) is 1. The maximum Gasteiger partial charge on any atom is 0.0702 e. The van der Waals surface area contributed by atoms with Gasteiger partial charge in [-0.15, -0.1) is 0 Å². The number of nitrogens with two attached hydrogens (primary N) is 1. The van der Waals surface area contributed by atoms with Crippen molar-refractivity contribution in [3.63, 3.8) is 0 Å². The maximum atomic E-state index is 5.84. The van der Waals surface area contributed by atoms with Gasteiger partial charge >= 0.3 is 0 Å². The summed E-state index contributed by atoms with van der Waals surface area (Å²) < 4.78 is 5.84. The number of hydrogen-bond acceptors (Lipinski definition) is 4. The normalized spacial score (nSPS) is 24.8. The maximum absolute atomic E-state index is 5.84. The lowest BCUT2D eigenvalue weighted by molar-refractivity contribution is -0.00645. The Morgan fingerprint density at radius 2 is 1.80 bits per heavy atom. The number of piperazine rings is 1. The molecule has 0 aromatic heterocycles. The van der Waals surface area contributed by atoms with Gasteiger partial charge in [-0.25, -0.2) is 0 Å². The lowest BCUT2D eigenvalue weighted by atomic mass is 10.1. The smallest absolute Gasteiger partial charge is 0.0702 e. The zero-order valence-corrected chi connectivity index (χ0v) is 12.1. The molecule has 2 heterocycles. The van der Waals surface area contributed by atoms with Gasteiger partial charge < -0.3 is 15.4 Å². The highest BCUT2D eigenvalue weighted by Crippen LogP contribution is 2.19. The van der Waals surface area contributed by atoms with E-state index >= 15 is 0 Å². The molecule has 2 saturated heterocycles. The average molecular weight is 275 g/mol. The van der Waals surface area contributed by atoms with Gasteiger partial charge in [0.25, 0.3) is 0 Å². The van der Waals surface area contributed by atoms with Crippen molar-refractivity contribution in [3.05, 3.63) is 24.3 Å². The van der Waals surface area contributed by atoms with E-state index in [4.69, 9.17) is 10.5 Å². The van der Waals surface area contributed by atoms with Gasteiger partial charge in [-0.2, -0.15) is 0 Å². The van der Waals surface area contributed by atoms with E-state index in [1.54, 1.807) is 0 Å². The first-order valence-corrected chi connectivity index (χ1v) is 7.76. The first-order valence-electron chi connectivity index (χ1n) is 7.76. The van der Waals surface area contributed by atoms with E-state index in [2.05, 4.69) is 21.9 Å². The lowest BCUT2D eigenvalue weighted by Crippen LogP contribution is -2.49. The molecular weight excluding hydrogens is 250 g/mol. The second-order valence-corrected chi connectivity index (χ2v) is 5.87. The summed E-state index contributed by atoms with van der Waals surface area (Å²) in [4.78, 5) is 4.99. The van der Waals surface area contributed by atoms with Crippen molar-refractivity contribution in [1.29, 1.82) is 0 Å². The molecule has 0 bridgehead atoms. The van der Waals surface area contributed by atoms with E-state index < -0.39 is 0 Å². The predicted octanol–water partition coefficient (Wildman–Crippen LogP) is 1.96. The van der Waals surface area contributed by atoms with E-state index in [0.29, 0.717) is 6.10 Å². The van der Waals surface area contributed by atoms with Crippen LogP contribution in [0, 0.1) is 0 Å². The largest absolute Gasteiger partial charge is 0.399 e. The highest BCUT2D eigenvalue weighted by Gasteiger charge is 2.21. The first-order chi connectivity index (χ1) is 9.81. The summed E-state index contributed by atoms with van der Waals surface area (Å²) >= 11 is 0. The summed E-state index contributed by atoms with van der Waals surface area (Å²) in [6, 6.07) is 8.21. The third-order valence-corrected chi connectivity index (χ3v) is 4.37. The summed E-state index contributed by atoms with van der Waals surface area (Å²) in [6.45, 7) is 6.51. The van der Waals surface area contributed by atoms with Gasteiger partial charge in [0, 0.05) is 50.7 Å². The van der Waals surface area contributed by atoms with E-state index in [0.717, 1.165) is 45.0 Å². The van der Waals surface area contributed by atoms with Crippen LogP contribution in [-0.2, 0) is 4.74 Å². The SMILES string of the molecule is Nc1ccc(N2CCN(CC3CCCCO3)CC2)cc1. The second kappa shape index (κ2) is 6.46. The van der Waals surface area contributed by atoms with Gasteiger partial charge in [0.05, 0.1) is 6.10 Å². The molecule has 1 atom stereocenters. The Bertz CT molecular complexity index is 406. The van der Waals surface area contributed by atoms with Gasteiger partial charge in [0.1, 0.15) is 0 Å². The summed E-state index contributed by atoms with van der Waals surface area (Å²) in [6.07, 6.45) is 4.27. The van der Waals surface area contributed by atoms with Crippen LogP contribution in [0.5, 0.6) is 0 Å². The minimum atomic E-state index is 0.465. The standard InChI is InChI=1S/C16H25N3O/c17-14-4-6-15(7-5-14)19-10-8-18(9-11-19)13-16-3-1-2-12-20-16/h4-7,16H,1-3,8-13,17H2. The molecule has 4 heteroatoms. The third kappa shape index (κ3) is 3.44. The van der Waals surface area contributed by atoms with Crippen molar-refractivity contribution >= 4 is 11.4 Å². The molecule has 2 aliphatic rings. The van der Waals surface area contributed by atoms with E-state index in [1.165, 1.54) is 24.9 Å². The quantitative estimate of drug-likeness (QED) is 0.856. The van der Waals surface area contributed by atoms with Crippen LogP contribution in [0.4, 0.5) is 11.4 Å². The number of hydrogen-bond donors (Lipinski definition) is 1. The number of anilines is 2. The Morgan fingerprint density at radius 1 is 1.05 bits per heavy atom. The Kier molecular flexibility index (Phi) is 4.43. The molecule has 0 saturated carbocycles. The Labute approximate surface area is 121 Å². The lowest BCUT2D eigenvalue weighted by Gasteiger charge is -2.38. The monoisotopic (exact) mass is 275 g/mol. The zero-order valence-electron chi connectivity index (χ0n) is 12.1. The predicted molar refractivity (Wildman–Crippen MR) is 83.1 cm³/mol. The van der Waals surface area contributed by atoms with Gasteiger partial charge in [-0.05, 0) is 43.5 Å². The molecule has 1 aromatic rings. The molecule has 0 spiro atoms. The van der Waals surface area contributed by atoms with Gasteiger partial charge in [0.15, 0.2) is 0 Å². The van der Waals surface area contributed by atoms with Crippen LogP contribution in [0.3, 0.4) is 0 Å². The molecule has 20 heavy (non-hydrogen) atoms. The summed E-state index contributed by atoms with van der Waals surface area (Å²) in [5.41, 5.74) is 7.86. The van der Waals surface area contributed by atoms with Crippen molar-refractivity contribution in [2.45, 2.75) is 25.4 Å². The molecule has 110 valence electrons. The van der Waals surface area contributed by atoms with E-state index in [1.807, 2.05) is 12.1 Å². The fourth-order valence-corrected chi connectivity index (χ4v) is 3.11. The van der Waals surface area contributed by atoms with Crippen LogP contribution < -0.4 is 10.6 Å². The van der Waals surface area contributed by atoms with Crippen molar-refractivity contribution < 1.29 is 4.74 Å². The van der Waals surface area contributed by atoms with Crippen molar-refractivity contribution in [2.24, 2.45) is 0 Å². The minimum Gasteiger partial charge on any atom is -0.399 e. The molecular formula is C16H25N3O. The molecule has 1 unspecified atom stereocenters. The van der Waals surface area contributed by atoms with Gasteiger partial charge in [-0.1, -0.05) is 0 Å². The molecule has 0 radical (unpaired) electrons. The van der Waals surface area contributed by atoms with Crippen molar-refractivity contribution in [1.82, 2.24) is 4.90 Å². The van der Waals surface area contributed by atoms with Crippen molar-refractivity contribution in [3.8, 4) is 0 Å². The average Bonchev–Trinajstić information content (AvgIpc) is 2.50. The molecule has 0 amide bonds. The Morgan fingerprint density at radius 3 is 2.45 bits per heavy atom. The van der Waals surface area contributed by atoms with Gasteiger partial charge in [-0.3, -0.25) is 4.90 Å². The Balaban J connectivity index is 1.47. The fourth-order valence-electron chi connectivity index (χ4n) is 3.11. The van der Waals surface area contributed by atoms with Crippen LogP contribution in [0.2, 0.25) is 0 Å². The fraction of sp³-hybridized carbons (Fsp3) is 0.625. The van der Waals surface area contributed by atoms with Crippen molar-refractivity contribution in [2.75, 3.05) is 50.0 Å². The van der Waals surface area contributed by atoms with Crippen LogP contribution in [-0.4, -0.2) is 50.3 Å². The topological polar surface area (TPSA) is 41.7 Å². The zero-order chi connectivity index (χ0) is 13.8. The third-order valence-electron chi connectivity index (χ3n) is 4.37. The highest BCUT2D eigenvalue weighted by molar-refractivity contribution is 5.53. The van der Waals surface area contributed by atoms with Crippen LogP contribution in [0.1, 0.15) is 19.3 Å². The number of nitrogen functional groups attached to an aromatic ring is 1. The number of benzene rings is 1. The molecule has 1 aromatic carbocycles. The molecule has 0 aliphatic carbocycles. The van der Waals surface area contributed by atoms with Crippen LogP contribution in [0.15, 0.2) is 24.3 Å². The summed E-state index contributed by atoms with van der Waals surface area (Å²) in [5, 5.41) is 0.